The molecule has 1 aromatic carbocycles. The first-order valence-corrected chi connectivity index (χ1v) is 8.75. The third-order valence-electron chi connectivity index (χ3n) is 4.57. The first-order chi connectivity index (χ1) is 12.1. The highest BCUT2D eigenvalue weighted by atomic mass is 16.5. The van der Waals surface area contributed by atoms with Crippen molar-refractivity contribution >= 4 is 5.91 Å². The molecule has 0 saturated carbocycles. The fourth-order valence-corrected chi connectivity index (χ4v) is 3.12. The molecule has 1 aliphatic heterocycles. The summed E-state index contributed by atoms with van der Waals surface area (Å²) in [7, 11) is 1.65. The third-order valence-corrected chi connectivity index (χ3v) is 4.57. The number of benzene rings is 1. The standard InChI is InChI=1S/C20H24N2O3/c1-21-14-17(9-10-19(21)23)20(24)22-12-11-18(15-22)25-13-5-8-16-6-3-2-4-7-16/h2-4,6-7,9-10,14,18H,5,8,11-13,15H2,1H3/t18-/m1/s1. The van der Waals surface area contributed by atoms with Gasteiger partial charge in [0.25, 0.3) is 5.91 Å². The second-order valence-electron chi connectivity index (χ2n) is 6.49. The number of aromatic nitrogens is 1. The summed E-state index contributed by atoms with van der Waals surface area (Å²) in [5.74, 6) is -0.0361. The molecular weight excluding hydrogens is 316 g/mol. The van der Waals surface area contributed by atoms with Gasteiger partial charge in [0.2, 0.25) is 5.56 Å². The molecule has 25 heavy (non-hydrogen) atoms. The Morgan fingerprint density at radius 3 is 2.76 bits per heavy atom. The van der Waals surface area contributed by atoms with Crippen molar-refractivity contribution in [3.63, 3.8) is 0 Å². The number of pyridine rings is 1. The average molecular weight is 340 g/mol. The van der Waals surface area contributed by atoms with Crippen molar-refractivity contribution in [2.75, 3.05) is 19.7 Å². The number of nitrogens with zero attached hydrogens (tertiary/aromatic N) is 2. The molecule has 0 unspecified atom stereocenters. The molecule has 3 rings (SSSR count). The molecule has 5 nitrogen and oxygen atoms in total. The maximum atomic E-state index is 12.5. The summed E-state index contributed by atoms with van der Waals surface area (Å²) in [6.45, 7) is 2.03. The van der Waals surface area contributed by atoms with E-state index >= 15 is 0 Å². The van der Waals surface area contributed by atoms with E-state index in [0.29, 0.717) is 25.3 Å². The lowest BCUT2D eigenvalue weighted by atomic mass is 10.1. The first kappa shape index (κ1) is 17.4. The Bertz CT molecular complexity index is 770. The van der Waals surface area contributed by atoms with Crippen molar-refractivity contribution in [2.45, 2.75) is 25.4 Å². The molecule has 2 aromatic rings. The summed E-state index contributed by atoms with van der Waals surface area (Å²) in [4.78, 5) is 25.8. The smallest absolute Gasteiger partial charge is 0.255 e. The maximum Gasteiger partial charge on any atom is 0.255 e. The fourth-order valence-electron chi connectivity index (χ4n) is 3.12. The van der Waals surface area contributed by atoms with Crippen LogP contribution in [-0.2, 0) is 18.2 Å². The van der Waals surface area contributed by atoms with Gasteiger partial charge in [-0.15, -0.1) is 0 Å². The quantitative estimate of drug-likeness (QED) is 0.758. The Balaban J connectivity index is 1.44. The normalized spacial score (nSPS) is 17.0. The van der Waals surface area contributed by atoms with E-state index in [-0.39, 0.29) is 17.6 Å². The number of likely N-dealkylation sites (tertiary alicyclic amines) is 1. The number of carbonyl (C=O) groups is 1. The highest BCUT2D eigenvalue weighted by molar-refractivity contribution is 5.94. The predicted octanol–water partition coefficient (Wildman–Crippen LogP) is 2.25. The zero-order valence-corrected chi connectivity index (χ0v) is 14.6. The second kappa shape index (κ2) is 8.12. The number of amides is 1. The summed E-state index contributed by atoms with van der Waals surface area (Å²) < 4.78 is 7.37. The fraction of sp³-hybridized carbons (Fsp3) is 0.400. The molecule has 1 saturated heterocycles. The van der Waals surface area contributed by atoms with Crippen LogP contribution in [-0.4, -0.2) is 41.2 Å². The molecule has 0 radical (unpaired) electrons. The summed E-state index contributed by atoms with van der Waals surface area (Å²) in [5, 5.41) is 0. The number of hydrogen-bond acceptors (Lipinski definition) is 3. The average Bonchev–Trinajstić information content (AvgIpc) is 3.10. The minimum absolute atomic E-state index is 0.0361. The number of ether oxygens (including phenoxy) is 1. The van der Waals surface area contributed by atoms with Gasteiger partial charge in [0.1, 0.15) is 0 Å². The van der Waals surface area contributed by atoms with E-state index in [0.717, 1.165) is 19.3 Å². The predicted molar refractivity (Wildman–Crippen MR) is 96.7 cm³/mol. The highest BCUT2D eigenvalue weighted by Gasteiger charge is 2.27. The van der Waals surface area contributed by atoms with Crippen molar-refractivity contribution in [1.82, 2.24) is 9.47 Å². The highest BCUT2D eigenvalue weighted by Crippen LogP contribution is 2.16. The third kappa shape index (κ3) is 4.57. The lowest BCUT2D eigenvalue weighted by Gasteiger charge is -2.17. The largest absolute Gasteiger partial charge is 0.376 e. The Morgan fingerprint density at radius 1 is 1.20 bits per heavy atom. The molecule has 1 aromatic heterocycles. The van der Waals surface area contributed by atoms with Gasteiger partial charge in [0.15, 0.2) is 0 Å². The Kier molecular flexibility index (Phi) is 5.66. The monoisotopic (exact) mass is 340 g/mol. The molecule has 1 amide bonds. The van der Waals surface area contributed by atoms with Gasteiger partial charge in [0.05, 0.1) is 11.7 Å². The van der Waals surface area contributed by atoms with Crippen LogP contribution < -0.4 is 5.56 Å². The van der Waals surface area contributed by atoms with Crippen molar-refractivity contribution in [1.29, 1.82) is 0 Å². The molecular formula is C20H24N2O3. The van der Waals surface area contributed by atoms with E-state index in [2.05, 4.69) is 24.3 Å². The number of aryl methyl sites for hydroxylation is 2. The lowest BCUT2D eigenvalue weighted by Crippen LogP contribution is -2.31. The topological polar surface area (TPSA) is 51.5 Å². The van der Waals surface area contributed by atoms with E-state index < -0.39 is 0 Å². The SMILES string of the molecule is Cn1cc(C(=O)N2CC[C@@H](OCCCc3ccccc3)C2)ccc1=O. The van der Waals surface area contributed by atoms with Crippen LogP contribution in [0, 0.1) is 0 Å². The number of rotatable bonds is 6. The molecule has 132 valence electrons. The first-order valence-electron chi connectivity index (χ1n) is 8.75. The van der Waals surface area contributed by atoms with Crippen molar-refractivity contribution in [3.05, 3.63) is 70.1 Å². The van der Waals surface area contributed by atoms with Gasteiger partial charge in [0, 0.05) is 39.0 Å². The number of carbonyl (C=O) groups excluding carboxylic acids is 1. The molecule has 0 N–H and O–H groups in total. The minimum Gasteiger partial charge on any atom is -0.376 e. The molecule has 0 spiro atoms. The molecule has 1 fully saturated rings. The van der Waals surface area contributed by atoms with Gasteiger partial charge in [-0.1, -0.05) is 30.3 Å². The van der Waals surface area contributed by atoms with Gasteiger partial charge < -0.3 is 14.2 Å². The van der Waals surface area contributed by atoms with Crippen LogP contribution in [0.2, 0.25) is 0 Å². The van der Waals surface area contributed by atoms with Crippen LogP contribution in [0.1, 0.15) is 28.8 Å². The molecule has 1 atom stereocenters. The minimum atomic E-state index is -0.113. The molecule has 5 heteroatoms. The van der Waals surface area contributed by atoms with E-state index in [1.807, 2.05) is 11.0 Å². The van der Waals surface area contributed by atoms with Gasteiger partial charge in [-0.3, -0.25) is 9.59 Å². The van der Waals surface area contributed by atoms with E-state index in [9.17, 15) is 9.59 Å². The summed E-state index contributed by atoms with van der Waals surface area (Å²) in [6.07, 6.45) is 4.55. The summed E-state index contributed by atoms with van der Waals surface area (Å²) >= 11 is 0. The van der Waals surface area contributed by atoms with Gasteiger partial charge in [-0.2, -0.15) is 0 Å². The van der Waals surface area contributed by atoms with Crippen LogP contribution in [0.3, 0.4) is 0 Å². The van der Waals surface area contributed by atoms with Gasteiger partial charge in [-0.25, -0.2) is 0 Å². The molecule has 0 bridgehead atoms. The zero-order valence-electron chi connectivity index (χ0n) is 14.6. The summed E-state index contributed by atoms with van der Waals surface area (Å²) in [6, 6.07) is 13.4. The van der Waals surface area contributed by atoms with Gasteiger partial charge >= 0.3 is 0 Å². The van der Waals surface area contributed by atoms with E-state index in [1.54, 1.807) is 19.3 Å². The van der Waals surface area contributed by atoms with Gasteiger partial charge in [-0.05, 0) is 30.9 Å². The second-order valence-corrected chi connectivity index (χ2v) is 6.49. The number of hydrogen-bond donors (Lipinski definition) is 0. The molecule has 2 heterocycles. The lowest BCUT2D eigenvalue weighted by molar-refractivity contribution is 0.0524. The van der Waals surface area contributed by atoms with Crippen molar-refractivity contribution in [3.8, 4) is 0 Å². The Morgan fingerprint density at radius 2 is 2.00 bits per heavy atom. The maximum absolute atomic E-state index is 12.5. The van der Waals surface area contributed by atoms with Crippen LogP contribution in [0.25, 0.3) is 0 Å². The molecule has 0 aliphatic carbocycles. The Labute approximate surface area is 147 Å². The van der Waals surface area contributed by atoms with Crippen LogP contribution in [0.4, 0.5) is 0 Å². The van der Waals surface area contributed by atoms with Crippen LogP contribution in [0.15, 0.2) is 53.5 Å². The van der Waals surface area contributed by atoms with E-state index in [4.69, 9.17) is 4.74 Å². The van der Waals surface area contributed by atoms with Crippen LogP contribution >= 0.6 is 0 Å². The van der Waals surface area contributed by atoms with E-state index in [1.165, 1.54) is 16.2 Å². The van der Waals surface area contributed by atoms with Crippen LogP contribution in [0.5, 0.6) is 0 Å². The molecule has 1 aliphatic rings. The van der Waals surface area contributed by atoms with Crippen molar-refractivity contribution < 1.29 is 9.53 Å². The Hall–Kier alpha value is -2.40. The zero-order chi connectivity index (χ0) is 17.6. The van der Waals surface area contributed by atoms with Crippen molar-refractivity contribution in [2.24, 2.45) is 7.05 Å². The summed E-state index contributed by atoms with van der Waals surface area (Å²) in [5.41, 5.74) is 1.76.